The Kier molecular flexibility index (Phi) is 9.26. The Bertz CT molecular complexity index is 1500. The molecule has 1 atom stereocenters. The van der Waals surface area contributed by atoms with Crippen LogP contribution in [-0.4, -0.2) is 33.6 Å². The number of nitrogens with one attached hydrogen (secondary N) is 1. The Hall–Kier alpha value is -4.24. The fourth-order valence-electron chi connectivity index (χ4n) is 4.58. The highest BCUT2D eigenvalue weighted by Crippen LogP contribution is 2.40. The molecule has 0 amide bonds. The number of carbonyl (C=O) groups excluding carboxylic acids is 1. The molecular weight excluding hydrogens is 536 g/mol. The number of ether oxygens (including phenoxy) is 3. The number of methoxy groups -OCH3 is 1. The maximum Gasteiger partial charge on any atom is 0.338 e. The first-order valence-electron chi connectivity index (χ1n) is 13.7. The van der Waals surface area contributed by atoms with Crippen molar-refractivity contribution in [1.82, 2.24) is 14.8 Å². The zero-order valence-corrected chi connectivity index (χ0v) is 24.3. The molecule has 1 unspecified atom stereocenters. The number of hydrogen-bond acceptors (Lipinski definition) is 8. The minimum absolute atomic E-state index is 0.168. The molecule has 0 saturated heterocycles. The summed E-state index contributed by atoms with van der Waals surface area (Å²) in [5.74, 6) is 2.25. The van der Waals surface area contributed by atoms with E-state index in [2.05, 4.69) is 12.2 Å². The molecule has 5 rings (SSSR count). The molecule has 2 heterocycles. The summed E-state index contributed by atoms with van der Waals surface area (Å²) in [6, 6.07) is 24.7. The second kappa shape index (κ2) is 13.4. The van der Waals surface area contributed by atoms with Crippen molar-refractivity contribution < 1.29 is 19.0 Å². The molecule has 1 aliphatic heterocycles. The van der Waals surface area contributed by atoms with Gasteiger partial charge in [0.1, 0.15) is 19.3 Å². The quantitative estimate of drug-likeness (QED) is 0.113. The zero-order valence-electron chi connectivity index (χ0n) is 23.5. The van der Waals surface area contributed by atoms with Crippen molar-refractivity contribution in [2.45, 2.75) is 51.1 Å². The van der Waals surface area contributed by atoms with Crippen molar-refractivity contribution in [3.05, 3.63) is 107 Å². The van der Waals surface area contributed by atoms with E-state index in [1.807, 2.05) is 85.8 Å². The van der Waals surface area contributed by atoms with Gasteiger partial charge in [-0.3, -0.25) is 0 Å². The first-order chi connectivity index (χ1) is 20.1. The van der Waals surface area contributed by atoms with Crippen LogP contribution in [0.15, 0.2) is 95.3 Å². The first kappa shape index (κ1) is 28.3. The average molecular weight is 571 g/mol. The van der Waals surface area contributed by atoms with Crippen molar-refractivity contribution in [2.75, 3.05) is 18.2 Å². The summed E-state index contributed by atoms with van der Waals surface area (Å²) in [6.45, 7) is 4.60. The number of benzene rings is 3. The van der Waals surface area contributed by atoms with Gasteiger partial charge in [0.2, 0.25) is 11.1 Å². The van der Waals surface area contributed by atoms with E-state index in [1.54, 1.807) is 23.6 Å². The van der Waals surface area contributed by atoms with Crippen LogP contribution in [0, 0.1) is 0 Å². The molecule has 0 radical (unpaired) electrons. The summed E-state index contributed by atoms with van der Waals surface area (Å²) in [6.07, 6.45) is 2.17. The Labute approximate surface area is 244 Å². The number of carbonyl (C=O) groups is 1. The molecule has 9 heteroatoms. The summed E-state index contributed by atoms with van der Waals surface area (Å²) >= 11 is 1.61. The van der Waals surface area contributed by atoms with Gasteiger partial charge in [-0.2, -0.15) is 4.98 Å². The van der Waals surface area contributed by atoms with Crippen LogP contribution < -0.4 is 14.8 Å². The predicted molar refractivity (Wildman–Crippen MR) is 160 cm³/mol. The highest BCUT2D eigenvalue weighted by atomic mass is 32.2. The maximum absolute atomic E-state index is 13.6. The van der Waals surface area contributed by atoms with E-state index in [9.17, 15) is 4.79 Å². The van der Waals surface area contributed by atoms with Gasteiger partial charge in [0.05, 0.1) is 12.7 Å². The van der Waals surface area contributed by atoms with Gasteiger partial charge in [0, 0.05) is 11.4 Å². The van der Waals surface area contributed by atoms with E-state index in [0.29, 0.717) is 40.5 Å². The average Bonchev–Trinajstić information content (AvgIpc) is 3.41. The molecule has 0 fully saturated rings. The van der Waals surface area contributed by atoms with Crippen LogP contribution in [0.5, 0.6) is 11.5 Å². The molecular formula is C32H34N4O4S. The topological polar surface area (TPSA) is 87.5 Å². The third-order valence-electron chi connectivity index (χ3n) is 6.74. The van der Waals surface area contributed by atoms with E-state index in [1.165, 1.54) is 0 Å². The van der Waals surface area contributed by atoms with Crippen LogP contribution in [0.4, 0.5) is 5.95 Å². The Morgan fingerprint density at radius 1 is 0.976 bits per heavy atom. The van der Waals surface area contributed by atoms with Gasteiger partial charge < -0.3 is 19.5 Å². The number of unbranched alkanes of at least 4 members (excludes halogenated alkanes) is 1. The summed E-state index contributed by atoms with van der Waals surface area (Å²) in [5, 5.41) is 8.75. The van der Waals surface area contributed by atoms with Crippen molar-refractivity contribution >= 4 is 23.7 Å². The van der Waals surface area contributed by atoms with E-state index >= 15 is 0 Å². The third kappa shape index (κ3) is 6.74. The summed E-state index contributed by atoms with van der Waals surface area (Å²) in [5.41, 5.74) is 3.90. The fourth-order valence-corrected chi connectivity index (χ4v) is 5.49. The monoisotopic (exact) mass is 570 g/mol. The lowest BCUT2D eigenvalue weighted by Crippen LogP contribution is -2.29. The standard InChI is InChI=1S/C32H34N4O4S/c1-4-5-18-41-32-34-31-33-22(2)28(30(37)40-21-24-14-10-7-11-15-24)29(36(31)35-32)25-16-17-26(27(19-25)38-3)39-20-23-12-8-6-9-13-23/h6-17,19,29H,4-5,18,20-21H2,1-3H3,(H,33,34,35). The molecule has 212 valence electrons. The van der Waals surface area contributed by atoms with Crippen LogP contribution in [0.1, 0.15) is 49.4 Å². The third-order valence-corrected chi connectivity index (χ3v) is 7.66. The lowest BCUT2D eigenvalue weighted by molar-refractivity contribution is -0.140. The van der Waals surface area contributed by atoms with Crippen LogP contribution in [-0.2, 0) is 22.7 Å². The second-order valence-electron chi connectivity index (χ2n) is 9.68. The lowest BCUT2D eigenvalue weighted by Gasteiger charge is -2.28. The highest BCUT2D eigenvalue weighted by molar-refractivity contribution is 7.99. The number of thioether (sulfide) groups is 1. The molecule has 0 bridgehead atoms. The number of esters is 1. The number of rotatable bonds is 12. The smallest absolute Gasteiger partial charge is 0.338 e. The molecule has 1 aliphatic rings. The Morgan fingerprint density at radius 2 is 1.68 bits per heavy atom. The van der Waals surface area contributed by atoms with Crippen molar-refractivity contribution in [2.24, 2.45) is 0 Å². The van der Waals surface area contributed by atoms with E-state index in [-0.39, 0.29) is 6.61 Å². The molecule has 0 spiro atoms. The zero-order chi connectivity index (χ0) is 28.6. The van der Waals surface area contributed by atoms with Gasteiger partial charge in [0.25, 0.3) is 0 Å². The second-order valence-corrected chi connectivity index (χ2v) is 10.7. The van der Waals surface area contributed by atoms with Crippen molar-refractivity contribution in [1.29, 1.82) is 0 Å². The highest BCUT2D eigenvalue weighted by Gasteiger charge is 2.36. The van der Waals surface area contributed by atoms with Gasteiger partial charge in [-0.1, -0.05) is 91.8 Å². The normalized spacial score (nSPS) is 14.3. The van der Waals surface area contributed by atoms with Crippen molar-refractivity contribution in [3.8, 4) is 11.5 Å². The molecule has 0 saturated carbocycles. The molecule has 0 aliphatic carbocycles. The summed E-state index contributed by atoms with van der Waals surface area (Å²) < 4.78 is 19.4. The van der Waals surface area contributed by atoms with E-state index in [0.717, 1.165) is 35.3 Å². The molecule has 8 nitrogen and oxygen atoms in total. The number of anilines is 1. The lowest BCUT2D eigenvalue weighted by atomic mass is 9.95. The number of fused-ring (bicyclic) bond motifs is 1. The van der Waals surface area contributed by atoms with Gasteiger partial charge in [-0.05, 0) is 42.2 Å². The Balaban J connectivity index is 1.47. The SMILES string of the molecule is CCCCSc1nc2n(n1)C(c1ccc(OCc3ccccc3)c(OC)c1)C(C(=O)OCc1ccccc1)=C(C)N2. The molecule has 1 aromatic heterocycles. The van der Waals surface area contributed by atoms with Crippen LogP contribution in [0.25, 0.3) is 0 Å². The molecule has 1 N–H and O–H groups in total. The summed E-state index contributed by atoms with van der Waals surface area (Å²) in [7, 11) is 1.61. The van der Waals surface area contributed by atoms with Gasteiger partial charge >= 0.3 is 5.97 Å². The molecule has 4 aromatic rings. The Morgan fingerprint density at radius 3 is 2.37 bits per heavy atom. The number of nitrogens with zero attached hydrogens (tertiary/aromatic N) is 3. The largest absolute Gasteiger partial charge is 0.493 e. The van der Waals surface area contributed by atoms with E-state index in [4.69, 9.17) is 24.3 Å². The van der Waals surface area contributed by atoms with Gasteiger partial charge in [-0.15, -0.1) is 5.10 Å². The number of allylic oxidation sites excluding steroid dienone is 1. The molecule has 3 aromatic carbocycles. The van der Waals surface area contributed by atoms with Crippen LogP contribution in [0.3, 0.4) is 0 Å². The fraction of sp³-hybridized carbons (Fsp3) is 0.281. The van der Waals surface area contributed by atoms with Crippen LogP contribution >= 0.6 is 11.8 Å². The maximum atomic E-state index is 13.6. The number of aromatic nitrogens is 3. The van der Waals surface area contributed by atoms with Gasteiger partial charge in [-0.25, -0.2) is 9.48 Å². The summed E-state index contributed by atoms with van der Waals surface area (Å²) in [4.78, 5) is 18.4. The molecule has 41 heavy (non-hydrogen) atoms. The minimum atomic E-state index is -0.570. The predicted octanol–water partition coefficient (Wildman–Crippen LogP) is 6.79. The first-order valence-corrected chi connectivity index (χ1v) is 14.7. The minimum Gasteiger partial charge on any atom is -0.493 e. The van der Waals surface area contributed by atoms with E-state index < -0.39 is 12.0 Å². The number of hydrogen-bond donors (Lipinski definition) is 1. The van der Waals surface area contributed by atoms with Crippen LogP contribution in [0.2, 0.25) is 0 Å². The van der Waals surface area contributed by atoms with Crippen molar-refractivity contribution in [3.63, 3.8) is 0 Å². The van der Waals surface area contributed by atoms with Gasteiger partial charge in [0.15, 0.2) is 11.5 Å².